The van der Waals surface area contributed by atoms with Crippen LogP contribution in [0.25, 0.3) is 0 Å². The van der Waals surface area contributed by atoms with Crippen molar-refractivity contribution in [2.75, 3.05) is 47.1 Å². The van der Waals surface area contributed by atoms with Crippen LogP contribution in [0.1, 0.15) is 19.3 Å². The van der Waals surface area contributed by atoms with Crippen LogP contribution in [0, 0.1) is 0 Å². The Labute approximate surface area is 115 Å². The molecule has 1 aliphatic rings. The van der Waals surface area contributed by atoms with E-state index in [1.807, 2.05) is 0 Å². The molecule has 1 rings (SSSR count). The van der Waals surface area contributed by atoms with Crippen molar-refractivity contribution < 1.29 is 19.0 Å². The zero-order chi connectivity index (χ0) is 13.9. The number of amides is 1. The highest BCUT2D eigenvalue weighted by Gasteiger charge is 2.14. The minimum atomic E-state index is -0.0979. The Balaban J connectivity index is 2.03. The Morgan fingerprint density at radius 3 is 2.74 bits per heavy atom. The molecule has 0 saturated carbocycles. The average Bonchev–Trinajstić information content (AvgIpc) is 2.44. The highest BCUT2D eigenvalue weighted by Crippen LogP contribution is 2.07. The Bertz CT molecular complexity index is 245. The van der Waals surface area contributed by atoms with Crippen molar-refractivity contribution in [3.63, 3.8) is 0 Å². The first kappa shape index (κ1) is 16.4. The largest absolute Gasteiger partial charge is 0.382 e. The van der Waals surface area contributed by atoms with Crippen LogP contribution in [-0.2, 0) is 19.0 Å². The summed E-state index contributed by atoms with van der Waals surface area (Å²) in [6, 6.07) is 0. The van der Waals surface area contributed by atoms with Gasteiger partial charge in [-0.1, -0.05) is 0 Å². The second-order valence-corrected chi connectivity index (χ2v) is 4.69. The molecule has 0 aromatic rings. The molecule has 19 heavy (non-hydrogen) atoms. The Morgan fingerprint density at radius 1 is 1.37 bits per heavy atom. The summed E-state index contributed by atoms with van der Waals surface area (Å²) in [4.78, 5) is 11.6. The van der Waals surface area contributed by atoms with Gasteiger partial charge in [-0.05, 0) is 25.9 Å². The van der Waals surface area contributed by atoms with Crippen LogP contribution in [-0.4, -0.2) is 65.2 Å². The van der Waals surface area contributed by atoms with Gasteiger partial charge in [0.1, 0.15) is 0 Å². The maximum atomic E-state index is 11.6. The van der Waals surface area contributed by atoms with Gasteiger partial charge in [0.2, 0.25) is 5.91 Å². The van der Waals surface area contributed by atoms with Gasteiger partial charge >= 0.3 is 0 Å². The van der Waals surface area contributed by atoms with Gasteiger partial charge in [-0.2, -0.15) is 0 Å². The standard InChI is InChI=1S/C13H26N2O4/c1-17-10-12(18-2)9-15-13(16)5-8-19-11-3-6-14-7-4-11/h11-12,14H,3-10H2,1-2H3,(H,15,16). The molecule has 0 bridgehead atoms. The molecular formula is C13H26N2O4. The Morgan fingerprint density at radius 2 is 2.11 bits per heavy atom. The summed E-state index contributed by atoms with van der Waals surface area (Å²) < 4.78 is 15.8. The quantitative estimate of drug-likeness (QED) is 0.615. The molecule has 1 fully saturated rings. The van der Waals surface area contributed by atoms with E-state index in [9.17, 15) is 4.79 Å². The molecule has 0 aliphatic carbocycles. The first-order valence-corrected chi connectivity index (χ1v) is 6.87. The number of carbonyl (C=O) groups excluding carboxylic acids is 1. The molecule has 0 spiro atoms. The van der Waals surface area contributed by atoms with Gasteiger partial charge in [0, 0.05) is 27.2 Å². The second kappa shape index (κ2) is 10.1. The van der Waals surface area contributed by atoms with Crippen molar-refractivity contribution in [3.8, 4) is 0 Å². The third-order valence-electron chi connectivity index (χ3n) is 3.18. The maximum absolute atomic E-state index is 11.6. The van der Waals surface area contributed by atoms with Gasteiger partial charge in [0.15, 0.2) is 0 Å². The SMILES string of the molecule is COCC(CNC(=O)CCOC1CCNCC1)OC. The van der Waals surface area contributed by atoms with Crippen LogP contribution in [0.15, 0.2) is 0 Å². The third-order valence-corrected chi connectivity index (χ3v) is 3.18. The third kappa shape index (κ3) is 7.47. The van der Waals surface area contributed by atoms with E-state index >= 15 is 0 Å². The van der Waals surface area contributed by atoms with E-state index in [1.54, 1.807) is 14.2 Å². The van der Waals surface area contributed by atoms with Crippen molar-refractivity contribution in [1.82, 2.24) is 10.6 Å². The number of hydrogen-bond donors (Lipinski definition) is 2. The summed E-state index contributed by atoms with van der Waals surface area (Å²) in [5.41, 5.74) is 0. The summed E-state index contributed by atoms with van der Waals surface area (Å²) in [6.45, 7) is 3.43. The minimum absolute atomic E-state index is 0.00733. The van der Waals surface area contributed by atoms with Gasteiger partial charge in [-0.3, -0.25) is 4.79 Å². The number of ether oxygens (including phenoxy) is 3. The summed E-state index contributed by atoms with van der Waals surface area (Å²) in [5, 5.41) is 6.10. The predicted octanol–water partition coefficient (Wildman–Crippen LogP) is -0.0773. The molecule has 1 atom stereocenters. The van der Waals surface area contributed by atoms with Crippen molar-refractivity contribution in [1.29, 1.82) is 0 Å². The van der Waals surface area contributed by atoms with Crippen molar-refractivity contribution in [3.05, 3.63) is 0 Å². The molecule has 1 saturated heterocycles. The molecule has 0 radical (unpaired) electrons. The summed E-state index contributed by atoms with van der Waals surface area (Å²) in [6.07, 6.45) is 2.66. The minimum Gasteiger partial charge on any atom is -0.382 e. The van der Waals surface area contributed by atoms with Gasteiger partial charge in [-0.25, -0.2) is 0 Å². The van der Waals surface area contributed by atoms with Gasteiger partial charge in [0.25, 0.3) is 0 Å². The van der Waals surface area contributed by atoms with Crippen molar-refractivity contribution in [2.45, 2.75) is 31.5 Å². The number of nitrogens with one attached hydrogen (secondary N) is 2. The van der Waals surface area contributed by atoms with Crippen molar-refractivity contribution >= 4 is 5.91 Å². The first-order chi connectivity index (χ1) is 9.26. The van der Waals surface area contributed by atoms with E-state index in [2.05, 4.69) is 10.6 Å². The predicted molar refractivity (Wildman–Crippen MR) is 72.1 cm³/mol. The van der Waals surface area contributed by atoms with E-state index in [4.69, 9.17) is 14.2 Å². The fraction of sp³-hybridized carbons (Fsp3) is 0.923. The summed E-state index contributed by atoms with van der Waals surface area (Å²) in [5.74, 6) is -0.00733. The lowest BCUT2D eigenvalue weighted by Gasteiger charge is -2.22. The van der Waals surface area contributed by atoms with Crippen LogP contribution in [0.5, 0.6) is 0 Å². The summed E-state index contributed by atoms with van der Waals surface area (Å²) >= 11 is 0. The fourth-order valence-corrected chi connectivity index (χ4v) is 1.99. The number of rotatable bonds is 9. The number of hydrogen-bond acceptors (Lipinski definition) is 5. The maximum Gasteiger partial charge on any atom is 0.222 e. The molecule has 2 N–H and O–H groups in total. The van der Waals surface area contributed by atoms with Crippen LogP contribution < -0.4 is 10.6 Å². The second-order valence-electron chi connectivity index (χ2n) is 4.69. The molecule has 1 aliphatic heterocycles. The summed E-state index contributed by atoms with van der Waals surface area (Å²) in [7, 11) is 3.22. The van der Waals surface area contributed by atoms with Crippen LogP contribution in [0.4, 0.5) is 0 Å². The fourth-order valence-electron chi connectivity index (χ4n) is 1.99. The Kier molecular flexibility index (Phi) is 8.73. The van der Waals surface area contributed by atoms with E-state index in [-0.39, 0.29) is 12.0 Å². The van der Waals surface area contributed by atoms with Gasteiger partial charge < -0.3 is 24.8 Å². The van der Waals surface area contributed by atoms with Crippen LogP contribution in [0.3, 0.4) is 0 Å². The van der Waals surface area contributed by atoms with E-state index in [1.165, 1.54) is 0 Å². The lowest BCUT2D eigenvalue weighted by atomic mass is 10.1. The average molecular weight is 274 g/mol. The molecule has 1 unspecified atom stereocenters. The molecule has 1 heterocycles. The zero-order valence-corrected chi connectivity index (χ0v) is 11.9. The lowest BCUT2D eigenvalue weighted by molar-refractivity contribution is -0.123. The van der Waals surface area contributed by atoms with Crippen LogP contribution >= 0.6 is 0 Å². The highest BCUT2D eigenvalue weighted by molar-refractivity contribution is 5.75. The lowest BCUT2D eigenvalue weighted by Crippen LogP contribution is -2.36. The Hall–Kier alpha value is -0.690. The smallest absolute Gasteiger partial charge is 0.222 e. The molecule has 6 nitrogen and oxygen atoms in total. The molecule has 0 aromatic heterocycles. The topological polar surface area (TPSA) is 68.8 Å². The van der Waals surface area contributed by atoms with Gasteiger partial charge in [-0.15, -0.1) is 0 Å². The van der Waals surface area contributed by atoms with Gasteiger partial charge in [0.05, 0.1) is 25.4 Å². The molecule has 1 amide bonds. The zero-order valence-electron chi connectivity index (χ0n) is 11.9. The number of methoxy groups -OCH3 is 2. The van der Waals surface area contributed by atoms with E-state index in [0.717, 1.165) is 25.9 Å². The van der Waals surface area contributed by atoms with Crippen LogP contribution in [0.2, 0.25) is 0 Å². The van der Waals surface area contributed by atoms with Crippen molar-refractivity contribution in [2.24, 2.45) is 0 Å². The molecule has 0 aromatic carbocycles. The molecule has 6 heteroatoms. The normalized spacial score (nSPS) is 18.2. The molecular weight excluding hydrogens is 248 g/mol. The highest BCUT2D eigenvalue weighted by atomic mass is 16.5. The monoisotopic (exact) mass is 274 g/mol. The first-order valence-electron chi connectivity index (χ1n) is 6.87. The molecule has 112 valence electrons. The number of piperidine rings is 1. The van der Waals surface area contributed by atoms with E-state index < -0.39 is 0 Å². The van der Waals surface area contributed by atoms with E-state index in [0.29, 0.717) is 32.3 Å². The number of carbonyl (C=O) groups is 1.